The molecule has 1 fully saturated rings. The molecule has 2 aromatic heterocycles. The summed E-state index contributed by atoms with van der Waals surface area (Å²) in [6.07, 6.45) is 1.59. The van der Waals surface area contributed by atoms with Crippen LogP contribution in [0.25, 0.3) is 11.2 Å². The maximum absolute atomic E-state index is 13.0. The maximum Gasteiger partial charge on any atom is 0.281 e. The number of nitrogens with zero attached hydrogens (tertiary/aromatic N) is 5. The SMILES string of the molecule is O=C(c1ccccc1Cl)N1CCC[C@@H](c2nc3c(nnn3Cc3ccccc3Cl)c(=O)[nH]2)C1. The molecule has 33 heavy (non-hydrogen) atoms. The zero-order valence-corrected chi connectivity index (χ0v) is 19.1. The fourth-order valence-electron chi connectivity index (χ4n) is 4.16. The summed E-state index contributed by atoms with van der Waals surface area (Å²) in [6.45, 7) is 1.40. The number of nitrogens with one attached hydrogen (secondary N) is 1. The van der Waals surface area contributed by atoms with Crippen molar-refractivity contribution in [3.05, 3.63) is 85.9 Å². The van der Waals surface area contributed by atoms with Crippen LogP contribution in [-0.4, -0.2) is 48.9 Å². The second kappa shape index (κ2) is 8.96. The number of carbonyl (C=O) groups is 1. The van der Waals surface area contributed by atoms with Crippen molar-refractivity contribution in [1.29, 1.82) is 0 Å². The van der Waals surface area contributed by atoms with E-state index < -0.39 is 0 Å². The van der Waals surface area contributed by atoms with Crippen LogP contribution >= 0.6 is 23.2 Å². The third-order valence-electron chi connectivity index (χ3n) is 5.87. The number of carbonyl (C=O) groups excluding carboxylic acids is 1. The quantitative estimate of drug-likeness (QED) is 0.475. The summed E-state index contributed by atoms with van der Waals surface area (Å²) < 4.78 is 1.57. The van der Waals surface area contributed by atoms with Crippen molar-refractivity contribution >= 4 is 40.3 Å². The lowest BCUT2D eigenvalue weighted by Crippen LogP contribution is -2.40. The fraction of sp³-hybridized carbons (Fsp3) is 0.261. The monoisotopic (exact) mass is 482 g/mol. The van der Waals surface area contributed by atoms with Gasteiger partial charge < -0.3 is 9.88 Å². The second-order valence-corrected chi connectivity index (χ2v) is 8.85. The molecule has 168 valence electrons. The first-order valence-corrected chi connectivity index (χ1v) is 11.4. The van der Waals surface area contributed by atoms with Crippen molar-refractivity contribution in [2.45, 2.75) is 25.3 Å². The lowest BCUT2D eigenvalue weighted by atomic mass is 9.96. The summed E-state index contributed by atoms with van der Waals surface area (Å²) in [5.74, 6) is 0.275. The molecule has 0 unspecified atom stereocenters. The van der Waals surface area contributed by atoms with Crippen LogP contribution in [0.3, 0.4) is 0 Å². The van der Waals surface area contributed by atoms with Crippen LogP contribution in [0.5, 0.6) is 0 Å². The first-order chi connectivity index (χ1) is 16.0. The van der Waals surface area contributed by atoms with Gasteiger partial charge in [-0.1, -0.05) is 58.7 Å². The molecule has 5 rings (SSSR count). The van der Waals surface area contributed by atoms with Gasteiger partial charge in [-0.2, -0.15) is 0 Å². The van der Waals surface area contributed by atoms with Crippen molar-refractivity contribution in [1.82, 2.24) is 29.9 Å². The van der Waals surface area contributed by atoms with Gasteiger partial charge in [-0.25, -0.2) is 9.67 Å². The smallest absolute Gasteiger partial charge is 0.281 e. The molecule has 0 bridgehead atoms. The summed E-state index contributed by atoms with van der Waals surface area (Å²) in [6, 6.07) is 14.4. The van der Waals surface area contributed by atoms with Crippen LogP contribution in [0, 0.1) is 0 Å². The van der Waals surface area contributed by atoms with Crippen LogP contribution < -0.4 is 5.56 Å². The Hall–Kier alpha value is -3.23. The summed E-state index contributed by atoms with van der Waals surface area (Å²) in [5.41, 5.74) is 1.53. The van der Waals surface area contributed by atoms with Crippen LogP contribution in [0.15, 0.2) is 53.3 Å². The van der Waals surface area contributed by atoms with Gasteiger partial charge in [-0.15, -0.1) is 5.10 Å². The minimum absolute atomic E-state index is 0.119. The third kappa shape index (κ3) is 4.24. The Kier molecular flexibility index (Phi) is 5.86. The van der Waals surface area contributed by atoms with E-state index in [9.17, 15) is 9.59 Å². The van der Waals surface area contributed by atoms with Gasteiger partial charge in [0.15, 0.2) is 11.2 Å². The van der Waals surface area contributed by atoms with Gasteiger partial charge in [-0.3, -0.25) is 9.59 Å². The number of fused-ring (bicyclic) bond motifs is 1. The first-order valence-electron chi connectivity index (χ1n) is 10.6. The molecule has 1 amide bonds. The predicted molar refractivity (Wildman–Crippen MR) is 126 cm³/mol. The number of H-pyrrole nitrogens is 1. The molecule has 0 spiro atoms. The van der Waals surface area contributed by atoms with E-state index in [2.05, 4.69) is 15.3 Å². The topological polar surface area (TPSA) is 96.8 Å². The van der Waals surface area contributed by atoms with Gasteiger partial charge >= 0.3 is 0 Å². The summed E-state index contributed by atoms with van der Waals surface area (Å²) in [5, 5.41) is 9.15. The molecule has 0 saturated carbocycles. The standard InChI is InChI=1S/C23H20Cl2N6O2/c24-17-9-3-1-6-14(17)13-31-21-19(28-29-31)22(32)27-20(26-21)15-7-5-11-30(12-15)23(33)16-8-2-4-10-18(16)25/h1-4,6,8-10,15H,5,7,11-13H2,(H,26,27,32)/t15-/m1/s1. The third-order valence-corrected chi connectivity index (χ3v) is 6.57. The molecule has 1 saturated heterocycles. The number of amides is 1. The zero-order chi connectivity index (χ0) is 22.9. The van der Waals surface area contributed by atoms with Crippen molar-refractivity contribution < 1.29 is 4.79 Å². The van der Waals surface area contributed by atoms with Gasteiger partial charge in [0.2, 0.25) is 0 Å². The van der Waals surface area contributed by atoms with Gasteiger partial charge in [-0.05, 0) is 36.6 Å². The average Bonchev–Trinajstić information content (AvgIpc) is 3.24. The van der Waals surface area contributed by atoms with Gasteiger partial charge in [0.1, 0.15) is 5.82 Å². The number of hydrogen-bond donors (Lipinski definition) is 1. The molecular formula is C23H20Cl2N6O2. The highest BCUT2D eigenvalue weighted by Gasteiger charge is 2.28. The van der Waals surface area contributed by atoms with Gasteiger partial charge in [0, 0.05) is 24.0 Å². The normalized spacial score (nSPS) is 16.3. The van der Waals surface area contributed by atoms with Crippen molar-refractivity contribution in [3.63, 3.8) is 0 Å². The Bertz CT molecular complexity index is 1400. The maximum atomic E-state index is 13.0. The Morgan fingerprint density at radius 2 is 1.85 bits per heavy atom. The highest BCUT2D eigenvalue weighted by Crippen LogP contribution is 2.27. The Labute approximate surface area is 199 Å². The lowest BCUT2D eigenvalue weighted by Gasteiger charge is -2.32. The van der Waals surface area contributed by atoms with E-state index in [1.54, 1.807) is 39.9 Å². The largest absolute Gasteiger partial charge is 0.338 e. The molecule has 0 radical (unpaired) electrons. The predicted octanol–water partition coefficient (Wildman–Crippen LogP) is 3.89. The van der Waals surface area contributed by atoms with Gasteiger partial charge in [0.25, 0.3) is 11.5 Å². The van der Waals surface area contributed by atoms with Crippen LogP contribution in [0.2, 0.25) is 10.0 Å². The highest BCUT2D eigenvalue weighted by molar-refractivity contribution is 6.33. The van der Waals surface area contributed by atoms with Gasteiger partial charge in [0.05, 0.1) is 17.1 Å². The molecule has 3 heterocycles. The van der Waals surface area contributed by atoms with E-state index >= 15 is 0 Å². The van der Waals surface area contributed by atoms with Crippen molar-refractivity contribution in [2.24, 2.45) is 0 Å². The summed E-state index contributed by atoms with van der Waals surface area (Å²) in [4.78, 5) is 35.1. The molecule has 1 aliphatic heterocycles. The minimum Gasteiger partial charge on any atom is -0.338 e. The number of likely N-dealkylation sites (tertiary alicyclic amines) is 1. The fourth-order valence-corrected chi connectivity index (χ4v) is 4.57. The van der Waals surface area contributed by atoms with Crippen molar-refractivity contribution in [3.8, 4) is 0 Å². The number of rotatable bonds is 4. The molecular weight excluding hydrogens is 463 g/mol. The second-order valence-electron chi connectivity index (χ2n) is 8.03. The summed E-state index contributed by atoms with van der Waals surface area (Å²) in [7, 11) is 0. The Morgan fingerprint density at radius 3 is 2.64 bits per heavy atom. The molecule has 8 nitrogen and oxygen atoms in total. The van der Waals surface area contributed by atoms with Crippen molar-refractivity contribution in [2.75, 3.05) is 13.1 Å². The van der Waals surface area contributed by atoms with E-state index in [1.165, 1.54) is 0 Å². The first kappa shape index (κ1) is 21.6. The van der Waals surface area contributed by atoms with E-state index in [0.717, 1.165) is 18.4 Å². The molecule has 1 aliphatic rings. The number of aromatic amines is 1. The zero-order valence-electron chi connectivity index (χ0n) is 17.5. The number of benzene rings is 2. The molecule has 10 heteroatoms. The van der Waals surface area contributed by atoms with E-state index in [0.29, 0.717) is 46.7 Å². The molecule has 1 atom stereocenters. The van der Waals surface area contributed by atoms with E-state index in [4.69, 9.17) is 28.2 Å². The average molecular weight is 483 g/mol. The summed E-state index contributed by atoms with van der Waals surface area (Å²) >= 11 is 12.5. The number of piperidine rings is 1. The lowest BCUT2D eigenvalue weighted by molar-refractivity contribution is 0.0704. The molecule has 4 aromatic rings. The van der Waals surface area contributed by atoms with E-state index in [1.807, 2.05) is 18.2 Å². The molecule has 1 N–H and O–H groups in total. The number of aromatic nitrogens is 5. The minimum atomic E-state index is -0.352. The van der Waals surface area contributed by atoms with Crippen LogP contribution in [0.4, 0.5) is 0 Å². The number of hydrogen-bond acceptors (Lipinski definition) is 5. The van der Waals surface area contributed by atoms with Crippen LogP contribution in [0.1, 0.15) is 40.5 Å². The number of halogens is 2. The Balaban J connectivity index is 1.44. The van der Waals surface area contributed by atoms with E-state index in [-0.39, 0.29) is 22.9 Å². The Morgan fingerprint density at radius 1 is 1.09 bits per heavy atom. The van der Waals surface area contributed by atoms with Crippen LogP contribution in [-0.2, 0) is 6.54 Å². The molecule has 2 aromatic carbocycles. The molecule has 0 aliphatic carbocycles. The highest BCUT2D eigenvalue weighted by atomic mass is 35.5.